The number of carbonyl (C=O) groups is 1. The van der Waals surface area contributed by atoms with Crippen LogP contribution in [0.1, 0.15) is 5.56 Å². The second-order valence-electron chi connectivity index (χ2n) is 3.65. The zero-order valence-corrected chi connectivity index (χ0v) is 10.3. The predicted molar refractivity (Wildman–Crippen MR) is 65.3 cm³/mol. The molecule has 0 bridgehead atoms. The van der Waals surface area contributed by atoms with Crippen molar-refractivity contribution in [1.29, 1.82) is 0 Å². The van der Waals surface area contributed by atoms with Gasteiger partial charge in [-0.2, -0.15) is 0 Å². The molecule has 0 aliphatic rings. The lowest BCUT2D eigenvalue weighted by molar-refractivity contribution is -0.108. The molecule has 1 aromatic rings. The van der Waals surface area contributed by atoms with Crippen LogP contribution in [0.25, 0.3) is 0 Å². The van der Waals surface area contributed by atoms with Crippen LogP contribution in [-0.2, 0) is 11.2 Å². The maximum Gasteiger partial charge on any atom is 0.137 e. The van der Waals surface area contributed by atoms with E-state index < -0.39 is 0 Å². The third-order valence-corrected chi connectivity index (χ3v) is 2.68. The Morgan fingerprint density at radius 1 is 1.50 bits per heavy atom. The molecule has 0 fully saturated rings. The van der Waals surface area contributed by atoms with Gasteiger partial charge in [0.1, 0.15) is 12.0 Å². The number of nitrogens with zero attached hydrogens (tertiary/aromatic N) is 1. The molecule has 0 heterocycles. The van der Waals surface area contributed by atoms with Crippen LogP contribution in [0.2, 0.25) is 5.02 Å². The molecule has 88 valence electrons. The average molecular weight is 242 g/mol. The highest BCUT2D eigenvalue weighted by Crippen LogP contribution is 2.25. The standard InChI is InChI=1S/C12H16ClNO2/c1-14(7-8-15)6-5-10-3-4-12(16-2)11(13)9-10/h3-4,8-9H,5-7H2,1-2H3. The summed E-state index contributed by atoms with van der Waals surface area (Å²) in [5.41, 5.74) is 1.14. The molecular weight excluding hydrogens is 226 g/mol. The van der Waals surface area contributed by atoms with Gasteiger partial charge in [0.2, 0.25) is 0 Å². The van der Waals surface area contributed by atoms with Crippen LogP contribution in [0.5, 0.6) is 5.75 Å². The first-order chi connectivity index (χ1) is 7.67. The Kier molecular flexibility index (Phi) is 5.29. The molecule has 0 atom stereocenters. The van der Waals surface area contributed by atoms with Crippen molar-refractivity contribution in [3.63, 3.8) is 0 Å². The summed E-state index contributed by atoms with van der Waals surface area (Å²) in [7, 11) is 3.51. The fourth-order valence-corrected chi connectivity index (χ4v) is 1.68. The van der Waals surface area contributed by atoms with Crippen molar-refractivity contribution in [2.45, 2.75) is 6.42 Å². The molecule has 0 aromatic heterocycles. The largest absolute Gasteiger partial charge is 0.495 e. The summed E-state index contributed by atoms with van der Waals surface area (Å²) < 4.78 is 5.08. The van der Waals surface area contributed by atoms with Gasteiger partial charge in [0.05, 0.1) is 18.7 Å². The van der Waals surface area contributed by atoms with E-state index in [9.17, 15) is 4.79 Å². The van der Waals surface area contributed by atoms with Gasteiger partial charge in [-0.25, -0.2) is 0 Å². The zero-order chi connectivity index (χ0) is 12.0. The highest BCUT2D eigenvalue weighted by molar-refractivity contribution is 6.32. The first kappa shape index (κ1) is 13.0. The van der Waals surface area contributed by atoms with Crippen molar-refractivity contribution in [3.05, 3.63) is 28.8 Å². The van der Waals surface area contributed by atoms with E-state index in [-0.39, 0.29) is 0 Å². The van der Waals surface area contributed by atoms with Crippen molar-refractivity contribution < 1.29 is 9.53 Å². The molecule has 0 saturated carbocycles. The summed E-state index contributed by atoms with van der Waals surface area (Å²) in [4.78, 5) is 12.2. The van der Waals surface area contributed by atoms with E-state index in [1.807, 2.05) is 30.1 Å². The Balaban J connectivity index is 2.54. The molecule has 4 heteroatoms. The Morgan fingerprint density at radius 3 is 2.81 bits per heavy atom. The molecule has 0 N–H and O–H groups in total. The van der Waals surface area contributed by atoms with Gasteiger partial charge in [-0.3, -0.25) is 4.90 Å². The number of likely N-dealkylation sites (N-methyl/N-ethyl adjacent to an activating group) is 1. The van der Waals surface area contributed by atoms with Crippen molar-refractivity contribution in [1.82, 2.24) is 4.90 Å². The topological polar surface area (TPSA) is 29.5 Å². The third-order valence-electron chi connectivity index (χ3n) is 2.38. The van der Waals surface area contributed by atoms with Crippen LogP contribution < -0.4 is 4.74 Å². The molecule has 1 rings (SSSR count). The van der Waals surface area contributed by atoms with Crippen LogP contribution in [0.4, 0.5) is 0 Å². The number of hydrogen-bond acceptors (Lipinski definition) is 3. The molecule has 0 radical (unpaired) electrons. The lowest BCUT2D eigenvalue weighted by Gasteiger charge is -2.13. The Bertz CT molecular complexity index is 355. The van der Waals surface area contributed by atoms with E-state index in [1.165, 1.54) is 0 Å². The van der Waals surface area contributed by atoms with Crippen LogP contribution in [0.15, 0.2) is 18.2 Å². The van der Waals surface area contributed by atoms with E-state index in [1.54, 1.807) is 7.11 Å². The van der Waals surface area contributed by atoms with E-state index in [0.717, 1.165) is 24.8 Å². The number of methoxy groups -OCH3 is 1. The molecule has 3 nitrogen and oxygen atoms in total. The van der Waals surface area contributed by atoms with Gasteiger partial charge in [-0.05, 0) is 31.2 Å². The van der Waals surface area contributed by atoms with Crippen LogP contribution in [0.3, 0.4) is 0 Å². The van der Waals surface area contributed by atoms with Gasteiger partial charge in [0, 0.05) is 6.54 Å². The van der Waals surface area contributed by atoms with Crippen molar-refractivity contribution in [2.75, 3.05) is 27.2 Å². The Hall–Kier alpha value is -1.06. The van der Waals surface area contributed by atoms with Gasteiger partial charge in [-0.15, -0.1) is 0 Å². The fraction of sp³-hybridized carbons (Fsp3) is 0.417. The van der Waals surface area contributed by atoms with Crippen LogP contribution in [-0.4, -0.2) is 38.4 Å². The number of benzene rings is 1. The quantitative estimate of drug-likeness (QED) is 0.714. The highest BCUT2D eigenvalue weighted by Gasteiger charge is 2.03. The monoisotopic (exact) mass is 241 g/mol. The number of ether oxygens (including phenoxy) is 1. The predicted octanol–water partition coefficient (Wildman–Crippen LogP) is 2.02. The minimum atomic E-state index is 0.462. The lowest BCUT2D eigenvalue weighted by Crippen LogP contribution is -2.23. The lowest BCUT2D eigenvalue weighted by atomic mass is 10.1. The van der Waals surface area contributed by atoms with Gasteiger partial charge >= 0.3 is 0 Å². The highest BCUT2D eigenvalue weighted by atomic mass is 35.5. The van der Waals surface area contributed by atoms with Crippen molar-refractivity contribution >= 4 is 17.9 Å². The van der Waals surface area contributed by atoms with Crippen LogP contribution in [0, 0.1) is 0 Å². The van der Waals surface area contributed by atoms with E-state index in [2.05, 4.69) is 0 Å². The molecule has 1 aromatic carbocycles. The first-order valence-electron chi connectivity index (χ1n) is 5.12. The number of carbonyl (C=O) groups excluding carboxylic acids is 1. The molecule has 0 aliphatic carbocycles. The molecule has 0 aliphatic heterocycles. The maximum absolute atomic E-state index is 10.3. The summed E-state index contributed by atoms with van der Waals surface area (Å²) >= 11 is 6.01. The van der Waals surface area contributed by atoms with Crippen molar-refractivity contribution in [3.8, 4) is 5.75 Å². The van der Waals surface area contributed by atoms with Crippen molar-refractivity contribution in [2.24, 2.45) is 0 Å². The zero-order valence-electron chi connectivity index (χ0n) is 9.57. The summed E-state index contributed by atoms with van der Waals surface area (Å²) in [6, 6.07) is 5.74. The molecular formula is C12H16ClNO2. The molecule has 0 saturated heterocycles. The first-order valence-corrected chi connectivity index (χ1v) is 5.49. The van der Waals surface area contributed by atoms with Gasteiger partial charge < -0.3 is 9.53 Å². The van der Waals surface area contributed by atoms with Gasteiger partial charge in [-0.1, -0.05) is 17.7 Å². The average Bonchev–Trinajstić information content (AvgIpc) is 2.27. The van der Waals surface area contributed by atoms with E-state index in [4.69, 9.17) is 16.3 Å². The minimum Gasteiger partial charge on any atom is -0.495 e. The molecule has 16 heavy (non-hydrogen) atoms. The second kappa shape index (κ2) is 6.51. The molecule has 0 unspecified atom stereocenters. The maximum atomic E-state index is 10.3. The summed E-state index contributed by atoms with van der Waals surface area (Å²) in [6.45, 7) is 1.30. The summed E-state index contributed by atoms with van der Waals surface area (Å²) in [5, 5.41) is 0.623. The second-order valence-corrected chi connectivity index (χ2v) is 4.06. The SMILES string of the molecule is COc1ccc(CCN(C)CC=O)cc1Cl. The minimum absolute atomic E-state index is 0.462. The van der Waals surface area contributed by atoms with Crippen LogP contribution >= 0.6 is 11.6 Å². The molecule has 0 spiro atoms. The fourth-order valence-electron chi connectivity index (χ4n) is 1.40. The number of aldehydes is 1. The smallest absolute Gasteiger partial charge is 0.137 e. The summed E-state index contributed by atoms with van der Waals surface area (Å²) in [5.74, 6) is 0.687. The number of rotatable bonds is 6. The summed E-state index contributed by atoms with van der Waals surface area (Å²) in [6.07, 6.45) is 1.77. The molecule has 0 amide bonds. The Labute approximate surface area is 101 Å². The van der Waals surface area contributed by atoms with Gasteiger partial charge in [0.15, 0.2) is 0 Å². The van der Waals surface area contributed by atoms with E-state index >= 15 is 0 Å². The Morgan fingerprint density at radius 2 is 2.25 bits per heavy atom. The van der Waals surface area contributed by atoms with Gasteiger partial charge in [0.25, 0.3) is 0 Å². The van der Waals surface area contributed by atoms with E-state index in [0.29, 0.717) is 17.3 Å². The number of halogens is 1. The third kappa shape index (κ3) is 3.83. The normalized spacial score (nSPS) is 10.5. The number of hydrogen-bond donors (Lipinski definition) is 0.